The molecular formula is C19H15ClO2. The number of hydrogen-bond donors (Lipinski definition) is 0. The van der Waals surface area contributed by atoms with E-state index in [0.717, 1.165) is 21.9 Å². The minimum Gasteiger partial charge on any atom is -0.465 e. The van der Waals surface area contributed by atoms with Gasteiger partial charge in [-0.3, -0.25) is 0 Å². The molecule has 0 bridgehead atoms. The third kappa shape index (κ3) is 2.70. The second-order valence-corrected chi connectivity index (χ2v) is 5.68. The Bertz CT molecular complexity index is 851. The molecule has 0 heterocycles. The quantitative estimate of drug-likeness (QED) is 0.604. The Morgan fingerprint density at radius 1 is 1.00 bits per heavy atom. The number of esters is 1. The van der Waals surface area contributed by atoms with E-state index in [1.807, 2.05) is 49.4 Å². The summed E-state index contributed by atoms with van der Waals surface area (Å²) in [5.74, 6) is -0.342. The van der Waals surface area contributed by atoms with Gasteiger partial charge in [0.1, 0.15) is 0 Å². The Kier molecular flexibility index (Phi) is 3.86. The standard InChI is InChI=1S/C19H15ClO2/c1-12-3-5-13(6-4-12)17-10-15(19(21)22-2)9-14-7-8-16(20)11-18(14)17/h3-11H,1-2H3. The molecule has 0 atom stereocenters. The average molecular weight is 311 g/mol. The fourth-order valence-corrected chi connectivity index (χ4v) is 2.71. The maximum absolute atomic E-state index is 11.9. The van der Waals surface area contributed by atoms with Crippen molar-refractivity contribution in [2.75, 3.05) is 7.11 Å². The smallest absolute Gasteiger partial charge is 0.337 e. The molecule has 0 aliphatic rings. The van der Waals surface area contributed by atoms with Gasteiger partial charge in [0.15, 0.2) is 0 Å². The van der Waals surface area contributed by atoms with E-state index >= 15 is 0 Å². The lowest BCUT2D eigenvalue weighted by Crippen LogP contribution is -2.01. The summed E-state index contributed by atoms with van der Waals surface area (Å²) in [5.41, 5.74) is 3.74. The Balaban J connectivity index is 2.31. The predicted molar refractivity (Wildman–Crippen MR) is 90.5 cm³/mol. The van der Waals surface area contributed by atoms with Crippen LogP contribution in [0.25, 0.3) is 21.9 Å². The molecule has 3 aromatic rings. The van der Waals surface area contributed by atoms with Gasteiger partial charge in [0, 0.05) is 5.02 Å². The number of aryl methyl sites for hydroxylation is 1. The molecular weight excluding hydrogens is 296 g/mol. The summed E-state index contributed by atoms with van der Waals surface area (Å²) in [7, 11) is 1.39. The summed E-state index contributed by atoms with van der Waals surface area (Å²) < 4.78 is 4.85. The maximum atomic E-state index is 11.9. The highest BCUT2D eigenvalue weighted by Gasteiger charge is 2.12. The van der Waals surface area contributed by atoms with Crippen LogP contribution in [-0.4, -0.2) is 13.1 Å². The van der Waals surface area contributed by atoms with Crippen molar-refractivity contribution in [1.82, 2.24) is 0 Å². The molecule has 2 nitrogen and oxygen atoms in total. The Morgan fingerprint density at radius 2 is 1.73 bits per heavy atom. The van der Waals surface area contributed by atoms with Crippen molar-refractivity contribution in [3.8, 4) is 11.1 Å². The van der Waals surface area contributed by atoms with Crippen LogP contribution in [0.5, 0.6) is 0 Å². The summed E-state index contributed by atoms with van der Waals surface area (Å²) in [6.07, 6.45) is 0. The van der Waals surface area contributed by atoms with Crippen molar-refractivity contribution >= 4 is 28.3 Å². The van der Waals surface area contributed by atoms with Crippen LogP contribution in [0.4, 0.5) is 0 Å². The molecule has 110 valence electrons. The fourth-order valence-electron chi connectivity index (χ4n) is 2.54. The molecule has 0 N–H and O–H groups in total. The number of fused-ring (bicyclic) bond motifs is 1. The van der Waals surface area contributed by atoms with Crippen molar-refractivity contribution in [2.24, 2.45) is 0 Å². The normalized spacial score (nSPS) is 10.7. The highest BCUT2D eigenvalue weighted by molar-refractivity contribution is 6.31. The van der Waals surface area contributed by atoms with Crippen molar-refractivity contribution < 1.29 is 9.53 Å². The number of halogens is 1. The molecule has 0 saturated carbocycles. The van der Waals surface area contributed by atoms with Gasteiger partial charge in [0.25, 0.3) is 0 Å². The minimum atomic E-state index is -0.342. The van der Waals surface area contributed by atoms with Crippen LogP contribution in [0.2, 0.25) is 5.02 Å². The van der Waals surface area contributed by atoms with Crippen molar-refractivity contribution in [2.45, 2.75) is 6.92 Å². The van der Waals surface area contributed by atoms with Gasteiger partial charge in [-0.1, -0.05) is 47.5 Å². The maximum Gasteiger partial charge on any atom is 0.337 e. The lowest BCUT2D eigenvalue weighted by Gasteiger charge is -2.11. The van der Waals surface area contributed by atoms with Gasteiger partial charge in [0.05, 0.1) is 12.7 Å². The summed E-state index contributed by atoms with van der Waals surface area (Å²) in [6.45, 7) is 2.05. The molecule has 3 aromatic carbocycles. The first-order chi connectivity index (χ1) is 10.6. The SMILES string of the molecule is COC(=O)c1cc(-c2ccc(C)cc2)c2cc(Cl)ccc2c1. The van der Waals surface area contributed by atoms with E-state index in [0.29, 0.717) is 10.6 Å². The van der Waals surface area contributed by atoms with Crippen LogP contribution in [0.15, 0.2) is 54.6 Å². The summed E-state index contributed by atoms with van der Waals surface area (Å²) in [6, 6.07) is 17.5. The molecule has 0 aliphatic carbocycles. The zero-order valence-corrected chi connectivity index (χ0v) is 13.1. The van der Waals surface area contributed by atoms with Gasteiger partial charge in [-0.25, -0.2) is 4.79 Å². The number of methoxy groups -OCH3 is 1. The van der Waals surface area contributed by atoms with E-state index in [4.69, 9.17) is 16.3 Å². The van der Waals surface area contributed by atoms with E-state index in [1.165, 1.54) is 12.7 Å². The van der Waals surface area contributed by atoms with Gasteiger partial charge in [-0.2, -0.15) is 0 Å². The number of hydrogen-bond acceptors (Lipinski definition) is 2. The van der Waals surface area contributed by atoms with Gasteiger partial charge < -0.3 is 4.74 Å². The third-order valence-electron chi connectivity index (χ3n) is 3.70. The number of carbonyl (C=O) groups excluding carboxylic acids is 1. The monoisotopic (exact) mass is 310 g/mol. The number of carbonyl (C=O) groups is 1. The summed E-state index contributed by atoms with van der Waals surface area (Å²) >= 11 is 6.14. The minimum absolute atomic E-state index is 0.342. The van der Waals surface area contributed by atoms with Gasteiger partial charge in [-0.05, 0) is 53.1 Å². The average Bonchev–Trinajstić information content (AvgIpc) is 2.54. The fraction of sp³-hybridized carbons (Fsp3) is 0.105. The van der Waals surface area contributed by atoms with Crippen LogP contribution >= 0.6 is 11.6 Å². The molecule has 22 heavy (non-hydrogen) atoms. The predicted octanol–water partition coefficient (Wildman–Crippen LogP) is 5.26. The van der Waals surface area contributed by atoms with Gasteiger partial charge in [0.2, 0.25) is 0 Å². The molecule has 0 spiro atoms. The first-order valence-electron chi connectivity index (χ1n) is 6.97. The van der Waals surface area contributed by atoms with E-state index in [-0.39, 0.29) is 5.97 Å². The van der Waals surface area contributed by atoms with E-state index in [9.17, 15) is 4.79 Å². The molecule has 0 radical (unpaired) electrons. The molecule has 0 saturated heterocycles. The summed E-state index contributed by atoms with van der Waals surface area (Å²) in [5, 5.41) is 2.65. The van der Waals surface area contributed by atoms with Gasteiger partial charge in [-0.15, -0.1) is 0 Å². The van der Waals surface area contributed by atoms with E-state index < -0.39 is 0 Å². The number of ether oxygens (including phenoxy) is 1. The lowest BCUT2D eigenvalue weighted by molar-refractivity contribution is 0.0601. The second-order valence-electron chi connectivity index (χ2n) is 5.25. The zero-order valence-electron chi connectivity index (χ0n) is 12.4. The zero-order chi connectivity index (χ0) is 15.7. The molecule has 3 heteroatoms. The van der Waals surface area contributed by atoms with Crippen LogP contribution < -0.4 is 0 Å². The molecule has 0 amide bonds. The van der Waals surface area contributed by atoms with E-state index in [1.54, 1.807) is 0 Å². The molecule has 0 fully saturated rings. The van der Waals surface area contributed by atoms with Crippen molar-refractivity contribution in [1.29, 1.82) is 0 Å². The number of rotatable bonds is 2. The Morgan fingerprint density at radius 3 is 2.41 bits per heavy atom. The lowest BCUT2D eigenvalue weighted by atomic mass is 9.95. The molecule has 0 aromatic heterocycles. The highest BCUT2D eigenvalue weighted by atomic mass is 35.5. The number of benzene rings is 3. The van der Waals surface area contributed by atoms with Crippen LogP contribution in [0.3, 0.4) is 0 Å². The van der Waals surface area contributed by atoms with Crippen molar-refractivity contribution in [3.63, 3.8) is 0 Å². The van der Waals surface area contributed by atoms with Crippen LogP contribution in [-0.2, 0) is 4.74 Å². The molecule has 0 aliphatic heterocycles. The highest BCUT2D eigenvalue weighted by Crippen LogP contribution is 2.32. The molecule has 3 rings (SSSR count). The largest absolute Gasteiger partial charge is 0.465 e. The Labute approximate surface area is 134 Å². The Hall–Kier alpha value is -2.32. The summed E-state index contributed by atoms with van der Waals surface area (Å²) in [4.78, 5) is 11.9. The first-order valence-corrected chi connectivity index (χ1v) is 7.35. The van der Waals surface area contributed by atoms with Crippen LogP contribution in [0, 0.1) is 6.92 Å². The third-order valence-corrected chi connectivity index (χ3v) is 3.94. The van der Waals surface area contributed by atoms with E-state index in [2.05, 4.69) is 12.1 Å². The first kappa shape index (κ1) is 14.6. The molecule has 0 unspecified atom stereocenters. The van der Waals surface area contributed by atoms with Crippen molar-refractivity contribution in [3.05, 3.63) is 70.7 Å². The second kappa shape index (κ2) is 5.82. The topological polar surface area (TPSA) is 26.3 Å². The van der Waals surface area contributed by atoms with Crippen LogP contribution in [0.1, 0.15) is 15.9 Å². The van der Waals surface area contributed by atoms with Gasteiger partial charge >= 0.3 is 5.97 Å².